The van der Waals surface area contributed by atoms with E-state index in [0.29, 0.717) is 6.04 Å². The number of hydrogen-bond acceptors (Lipinski definition) is 4. The van der Waals surface area contributed by atoms with Crippen LogP contribution < -0.4 is 10.6 Å². The standard InChI is InChI=1S/C11H19N3S/c1-8-9(2)15-11(13-8)14-10-5-3-4-6-12-7-10/h10,12H,3-7H2,1-2H3,(H,13,14). The lowest BCUT2D eigenvalue weighted by molar-refractivity contribution is 0.635. The fourth-order valence-corrected chi connectivity index (χ4v) is 2.74. The summed E-state index contributed by atoms with van der Waals surface area (Å²) in [4.78, 5) is 5.83. The van der Waals surface area contributed by atoms with Crippen molar-refractivity contribution < 1.29 is 0 Å². The topological polar surface area (TPSA) is 37.0 Å². The van der Waals surface area contributed by atoms with Gasteiger partial charge in [-0.3, -0.25) is 0 Å². The van der Waals surface area contributed by atoms with Crippen LogP contribution in [0.15, 0.2) is 0 Å². The minimum Gasteiger partial charge on any atom is -0.357 e. The highest BCUT2D eigenvalue weighted by Gasteiger charge is 2.13. The lowest BCUT2D eigenvalue weighted by Crippen LogP contribution is -2.30. The third-order valence-corrected chi connectivity index (χ3v) is 3.91. The van der Waals surface area contributed by atoms with Crippen molar-refractivity contribution >= 4 is 16.5 Å². The molecule has 0 amide bonds. The van der Waals surface area contributed by atoms with Crippen LogP contribution in [0.2, 0.25) is 0 Å². The van der Waals surface area contributed by atoms with Crippen molar-refractivity contribution in [2.75, 3.05) is 18.4 Å². The van der Waals surface area contributed by atoms with Crippen molar-refractivity contribution in [2.24, 2.45) is 0 Å². The zero-order valence-electron chi connectivity index (χ0n) is 9.47. The van der Waals surface area contributed by atoms with Gasteiger partial charge in [-0.1, -0.05) is 6.42 Å². The average molecular weight is 225 g/mol. The number of nitrogens with zero attached hydrogens (tertiary/aromatic N) is 1. The zero-order valence-corrected chi connectivity index (χ0v) is 10.3. The molecule has 1 unspecified atom stereocenters. The normalized spacial score (nSPS) is 22.4. The van der Waals surface area contributed by atoms with Crippen molar-refractivity contribution in [2.45, 2.75) is 39.2 Å². The molecule has 1 saturated heterocycles. The summed E-state index contributed by atoms with van der Waals surface area (Å²) in [6, 6.07) is 0.553. The Morgan fingerprint density at radius 2 is 2.27 bits per heavy atom. The summed E-state index contributed by atoms with van der Waals surface area (Å²) in [5.74, 6) is 0. The van der Waals surface area contributed by atoms with Crippen LogP contribution in [-0.2, 0) is 0 Å². The van der Waals surface area contributed by atoms with E-state index in [0.717, 1.165) is 23.9 Å². The molecule has 1 aromatic heterocycles. The monoisotopic (exact) mass is 225 g/mol. The van der Waals surface area contributed by atoms with Crippen LogP contribution in [0, 0.1) is 13.8 Å². The van der Waals surface area contributed by atoms with Gasteiger partial charge in [-0.15, -0.1) is 11.3 Å². The van der Waals surface area contributed by atoms with Gasteiger partial charge in [0.25, 0.3) is 0 Å². The fraction of sp³-hybridized carbons (Fsp3) is 0.727. The zero-order chi connectivity index (χ0) is 10.7. The number of anilines is 1. The van der Waals surface area contributed by atoms with Gasteiger partial charge < -0.3 is 10.6 Å². The van der Waals surface area contributed by atoms with E-state index in [9.17, 15) is 0 Å². The maximum absolute atomic E-state index is 4.51. The van der Waals surface area contributed by atoms with E-state index < -0.39 is 0 Å². The predicted molar refractivity (Wildman–Crippen MR) is 65.7 cm³/mol. The summed E-state index contributed by atoms with van der Waals surface area (Å²) >= 11 is 1.76. The summed E-state index contributed by atoms with van der Waals surface area (Å²) in [7, 11) is 0. The highest BCUT2D eigenvalue weighted by Crippen LogP contribution is 2.22. The first-order valence-electron chi connectivity index (χ1n) is 5.67. The molecule has 0 saturated carbocycles. The molecule has 0 spiro atoms. The Morgan fingerprint density at radius 3 is 3.00 bits per heavy atom. The molecule has 3 nitrogen and oxygen atoms in total. The van der Waals surface area contributed by atoms with Gasteiger partial charge in [-0.05, 0) is 33.2 Å². The van der Waals surface area contributed by atoms with E-state index in [1.807, 2.05) is 0 Å². The molecule has 0 radical (unpaired) electrons. The summed E-state index contributed by atoms with van der Waals surface area (Å²) in [6.45, 7) is 6.43. The van der Waals surface area contributed by atoms with Gasteiger partial charge in [0.05, 0.1) is 5.69 Å². The second-order valence-electron chi connectivity index (χ2n) is 4.20. The highest BCUT2D eigenvalue weighted by atomic mass is 32.1. The summed E-state index contributed by atoms with van der Waals surface area (Å²) < 4.78 is 0. The van der Waals surface area contributed by atoms with E-state index in [4.69, 9.17) is 0 Å². The molecule has 0 aromatic carbocycles. The first-order chi connectivity index (χ1) is 7.25. The van der Waals surface area contributed by atoms with Crippen molar-refractivity contribution in [3.8, 4) is 0 Å². The second kappa shape index (κ2) is 4.94. The maximum atomic E-state index is 4.51. The van der Waals surface area contributed by atoms with Gasteiger partial charge in [-0.25, -0.2) is 4.98 Å². The molecule has 0 aliphatic carbocycles. The first kappa shape index (κ1) is 10.9. The minimum absolute atomic E-state index is 0.553. The van der Waals surface area contributed by atoms with E-state index >= 15 is 0 Å². The number of aryl methyl sites for hydroxylation is 2. The Balaban J connectivity index is 1.95. The summed E-state index contributed by atoms with van der Waals surface area (Å²) in [5.41, 5.74) is 1.16. The third kappa shape index (κ3) is 2.92. The summed E-state index contributed by atoms with van der Waals surface area (Å²) in [5, 5.41) is 8.06. The lowest BCUT2D eigenvalue weighted by Gasteiger charge is -2.15. The molecule has 1 fully saturated rings. The Kier molecular flexibility index (Phi) is 3.59. The van der Waals surface area contributed by atoms with Gasteiger partial charge in [0.2, 0.25) is 0 Å². The van der Waals surface area contributed by atoms with E-state index in [-0.39, 0.29) is 0 Å². The van der Waals surface area contributed by atoms with Crippen LogP contribution in [0.1, 0.15) is 29.8 Å². The largest absolute Gasteiger partial charge is 0.357 e. The molecule has 0 bridgehead atoms. The van der Waals surface area contributed by atoms with E-state index in [1.165, 1.54) is 24.1 Å². The first-order valence-corrected chi connectivity index (χ1v) is 6.48. The number of thiazole rings is 1. The quantitative estimate of drug-likeness (QED) is 0.811. The molecule has 2 heterocycles. The molecular formula is C11H19N3S. The maximum Gasteiger partial charge on any atom is 0.183 e. The highest BCUT2D eigenvalue weighted by molar-refractivity contribution is 7.15. The molecule has 15 heavy (non-hydrogen) atoms. The number of nitrogens with one attached hydrogen (secondary N) is 2. The number of rotatable bonds is 2. The number of hydrogen-bond donors (Lipinski definition) is 2. The third-order valence-electron chi connectivity index (χ3n) is 2.90. The molecule has 1 aliphatic rings. The molecular weight excluding hydrogens is 206 g/mol. The van der Waals surface area contributed by atoms with Gasteiger partial charge in [0, 0.05) is 17.5 Å². The molecule has 1 aromatic rings. The van der Waals surface area contributed by atoms with E-state index in [1.54, 1.807) is 11.3 Å². The minimum atomic E-state index is 0.553. The lowest BCUT2D eigenvalue weighted by atomic mass is 10.1. The van der Waals surface area contributed by atoms with Gasteiger partial charge in [-0.2, -0.15) is 0 Å². The van der Waals surface area contributed by atoms with Crippen LogP contribution >= 0.6 is 11.3 Å². The Hall–Kier alpha value is -0.610. The average Bonchev–Trinajstić information content (AvgIpc) is 2.45. The fourth-order valence-electron chi connectivity index (χ4n) is 1.85. The van der Waals surface area contributed by atoms with Gasteiger partial charge >= 0.3 is 0 Å². The van der Waals surface area contributed by atoms with Crippen molar-refractivity contribution in [3.63, 3.8) is 0 Å². The van der Waals surface area contributed by atoms with Gasteiger partial charge in [0.1, 0.15) is 0 Å². The van der Waals surface area contributed by atoms with Gasteiger partial charge in [0.15, 0.2) is 5.13 Å². The van der Waals surface area contributed by atoms with Crippen molar-refractivity contribution in [1.82, 2.24) is 10.3 Å². The Labute approximate surface area is 95.3 Å². The molecule has 2 rings (SSSR count). The molecule has 1 atom stereocenters. The second-order valence-corrected chi connectivity index (χ2v) is 5.40. The molecule has 4 heteroatoms. The van der Waals surface area contributed by atoms with E-state index in [2.05, 4.69) is 29.5 Å². The molecule has 84 valence electrons. The predicted octanol–water partition coefficient (Wildman–Crippen LogP) is 2.31. The van der Waals surface area contributed by atoms with Crippen molar-refractivity contribution in [1.29, 1.82) is 0 Å². The molecule has 1 aliphatic heterocycles. The SMILES string of the molecule is Cc1nc(NC2CCCCNC2)sc1C. The van der Waals surface area contributed by atoms with Crippen LogP contribution in [0.3, 0.4) is 0 Å². The van der Waals surface area contributed by atoms with Crippen LogP contribution in [0.5, 0.6) is 0 Å². The van der Waals surface area contributed by atoms with Crippen LogP contribution in [0.4, 0.5) is 5.13 Å². The van der Waals surface area contributed by atoms with Crippen molar-refractivity contribution in [3.05, 3.63) is 10.6 Å². The Morgan fingerprint density at radius 1 is 1.40 bits per heavy atom. The van der Waals surface area contributed by atoms with Crippen LogP contribution in [-0.4, -0.2) is 24.1 Å². The van der Waals surface area contributed by atoms with Crippen LogP contribution in [0.25, 0.3) is 0 Å². The summed E-state index contributed by atoms with van der Waals surface area (Å²) in [6.07, 6.45) is 3.87. The smallest absolute Gasteiger partial charge is 0.183 e. The Bertz CT molecular complexity index is 294. The number of aromatic nitrogens is 1. The molecule has 2 N–H and O–H groups in total.